The summed E-state index contributed by atoms with van der Waals surface area (Å²) in [6.07, 6.45) is 13.9. The summed E-state index contributed by atoms with van der Waals surface area (Å²) in [7, 11) is 0. The van der Waals surface area contributed by atoms with Crippen LogP contribution in [-0.2, 0) is 0 Å². The number of hydrogen-bond acceptors (Lipinski definition) is 2. The van der Waals surface area contributed by atoms with Crippen molar-refractivity contribution in [2.24, 2.45) is 0 Å². The van der Waals surface area contributed by atoms with Crippen molar-refractivity contribution in [3.63, 3.8) is 0 Å². The number of rotatable bonds is 12. The van der Waals surface area contributed by atoms with Crippen LogP contribution >= 0.6 is 23.4 Å². The predicted molar refractivity (Wildman–Crippen MR) is 98.4 cm³/mol. The highest BCUT2D eigenvalue weighted by Gasteiger charge is 2.00. The summed E-state index contributed by atoms with van der Waals surface area (Å²) < 4.78 is 0. The van der Waals surface area contributed by atoms with Crippen LogP contribution in [0.4, 0.5) is 5.69 Å². The van der Waals surface area contributed by atoms with Crippen LogP contribution in [0.2, 0.25) is 5.02 Å². The van der Waals surface area contributed by atoms with Crippen molar-refractivity contribution < 1.29 is 0 Å². The number of thioether (sulfide) groups is 1. The molecule has 1 rings (SSSR count). The lowest BCUT2D eigenvalue weighted by molar-refractivity contribution is 0.563. The fraction of sp³-hybridized carbons (Fsp3) is 0.667. The highest BCUT2D eigenvalue weighted by molar-refractivity contribution is 7.99. The van der Waals surface area contributed by atoms with Gasteiger partial charge in [0.05, 0.1) is 0 Å². The fourth-order valence-corrected chi connectivity index (χ4v) is 3.56. The van der Waals surface area contributed by atoms with Crippen molar-refractivity contribution in [2.45, 2.75) is 76.0 Å². The van der Waals surface area contributed by atoms with Gasteiger partial charge < -0.3 is 5.73 Å². The van der Waals surface area contributed by atoms with E-state index in [9.17, 15) is 0 Å². The van der Waals surface area contributed by atoms with Gasteiger partial charge in [0.15, 0.2) is 0 Å². The summed E-state index contributed by atoms with van der Waals surface area (Å²) in [5.74, 6) is 1.16. The molecule has 3 heteroatoms. The lowest BCUT2D eigenvalue weighted by Crippen LogP contribution is -1.89. The SMILES string of the molecule is CCCCCCCCCCCCSc1ccc(Cl)cc1N. The van der Waals surface area contributed by atoms with Crippen molar-refractivity contribution in [1.29, 1.82) is 0 Å². The molecule has 0 heterocycles. The van der Waals surface area contributed by atoms with Gasteiger partial charge in [0.25, 0.3) is 0 Å². The number of hydrogen-bond donors (Lipinski definition) is 1. The van der Waals surface area contributed by atoms with Gasteiger partial charge in [-0.1, -0.05) is 76.3 Å². The molecule has 120 valence electrons. The zero-order valence-corrected chi connectivity index (χ0v) is 14.9. The zero-order valence-electron chi connectivity index (χ0n) is 13.4. The van der Waals surface area contributed by atoms with Crippen LogP contribution in [0.1, 0.15) is 71.1 Å². The number of nitrogen functional groups attached to an aromatic ring is 1. The second kappa shape index (κ2) is 12.2. The molecule has 0 radical (unpaired) electrons. The molecule has 1 aromatic rings. The Kier molecular flexibility index (Phi) is 10.9. The van der Waals surface area contributed by atoms with Crippen LogP contribution in [0.25, 0.3) is 0 Å². The summed E-state index contributed by atoms with van der Waals surface area (Å²) in [4.78, 5) is 1.16. The van der Waals surface area contributed by atoms with Gasteiger partial charge in [0.1, 0.15) is 0 Å². The average molecular weight is 328 g/mol. The molecule has 0 aromatic heterocycles. The first-order valence-corrected chi connectivity index (χ1v) is 9.78. The molecular weight excluding hydrogens is 298 g/mol. The number of halogens is 1. The summed E-state index contributed by atoms with van der Waals surface area (Å²) in [6, 6.07) is 5.78. The summed E-state index contributed by atoms with van der Waals surface area (Å²) in [6.45, 7) is 2.27. The molecule has 0 aliphatic carbocycles. The maximum absolute atomic E-state index is 5.95. The summed E-state index contributed by atoms with van der Waals surface area (Å²) >= 11 is 7.75. The Morgan fingerprint density at radius 2 is 1.48 bits per heavy atom. The van der Waals surface area contributed by atoms with Gasteiger partial charge >= 0.3 is 0 Å². The van der Waals surface area contributed by atoms with Crippen molar-refractivity contribution in [2.75, 3.05) is 11.5 Å². The van der Waals surface area contributed by atoms with Crippen LogP contribution in [0.5, 0.6) is 0 Å². The maximum Gasteiger partial charge on any atom is 0.0467 e. The molecule has 2 N–H and O–H groups in total. The topological polar surface area (TPSA) is 26.0 Å². The largest absolute Gasteiger partial charge is 0.398 e. The van der Waals surface area contributed by atoms with Gasteiger partial charge in [-0.25, -0.2) is 0 Å². The van der Waals surface area contributed by atoms with Gasteiger partial charge in [0.2, 0.25) is 0 Å². The minimum atomic E-state index is 0.718. The van der Waals surface area contributed by atoms with Crippen LogP contribution in [0, 0.1) is 0 Å². The fourth-order valence-electron chi connectivity index (χ4n) is 2.42. The van der Waals surface area contributed by atoms with Gasteiger partial charge in [-0.2, -0.15) is 0 Å². The first kappa shape index (κ1) is 18.7. The molecule has 0 unspecified atom stereocenters. The predicted octanol–water partition coefficient (Wildman–Crippen LogP) is 6.94. The van der Waals surface area contributed by atoms with E-state index in [-0.39, 0.29) is 0 Å². The summed E-state index contributed by atoms with van der Waals surface area (Å²) in [5, 5.41) is 0.718. The Bertz CT molecular complexity index is 381. The number of unbranched alkanes of at least 4 members (excludes halogenated alkanes) is 9. The molecule has 0 aliphatic heterocycles. The molecule has 0 saturated carbocycles. The molecule has 0 fully saturated rings. The van der Waals surface area contributed by atoms with E-state index in [0.29, 0.717) is 0 Å². The van der Waals surface area contributed by atoms with E-state index in [1.807, 2.05) is 30.0 Å². The lowest BCUT2D eigenvalue weighted by Gasteiger charge is -2.06. The van der Waals surface area contributed by atoms with Crippen LogP contribution < -0.4 is 5.73 Å². The van der Waals surface area contributed by atoms with Crippen molar-refractivity contribution >= 4 is 29.1 Å². The Morgan fingerprint density at radius 3 is 2.05 bits per heavy atom. The molecule has 0 aliphatic rings. The van der Waals surface area contributed by atoms with Crippen LogP contribution in [-0.4, -0.2) is 5.75 Å². The quantitative estimate of drug-likeness (QED) is 0.256. The van der Waals surface area contributed by atoms with E-state index in [4.69, 9.17) is 17.3 Å². The Morgan fingerprint density at radius 1 is 0.905 bits per heavy atom. The average Bonchev–Trinajstić information content (AvgIpc) is 2.46. The maximum atomic E-state index is 5.95. The smallest absolute Gasteiger partial charge is 0.0467 e. The van der Waals surface area contributed by atoms with Crippen LogP contribution in [0.3, 0.4) is 0 Å². The third kappa shape index (κ3) is 9.31. The van der Waals surface area contributed by atoms with Gasteiger partial charge in [-0.05, 0) is 30.4 Å². The number of nitrogens with two attached hydrogens (primary N) is 1. The zero-order chi connectivity index (χ0) is 15.3. The van der Waals surface area contributed by atoms with Crippen molar-refractivity contribution in [3.05, 3.63) is 23.2 Å². The second-order valence-electron chi connectivity index (χ2n) is 5.71. The minimum Gasteiger partial charge on any atom is -0.398 e. The Hall–Kier alpha value is -0.340. The van der Waals surface area contributed by atoms with E-state index in [0.717, 1.165) is 21.4 Å². The molecule has 0 bridgehead atoms. The molecule has 21 heavy (non-hydrogen) atoms. The lowest BCUT2D eigenvalue weighted by atomic mass is 10.1. The second-order valence-corrected chi connectivity index (χ2v) is 7.29. The molecule has 0 atom stereocenters. The first-order valence-electron chi connectivity index (χ1n) is 8.42. The molecule has 0 spiro atoms. The van der Waals surface area contributed by atoms with Crippen molar-refractivity contribution in [3.8, 4) is 0 Å². The summed E-state index contributed by atoms with van der Waals surface area (Å²) in [5.41, 5.74) is 6.75. The Labute approximate surface area is 140 Å². The molecule has 0 saturated heterocycles. The monoisotopic (exact) mass is 327 g/mol. The highest BCUT2D eigenvalue weighted by atomic mass is 35.5. The van der Waals surface area contributed by atoms with E-state index in [1.165, 1.54) is 64.2 Å². The van der Waals surface area contributed by atoms with E-state index in [2.05, 4.69) is 6.92 Å². The van der Waals surface area contributed by atoms with Crippen LogP contribution in [0.15, 0.2) is 23.1 Å². The molecule has 1 aromatic carbocycles. The molecule has 1 nitrogen and oxygen atoms in total. The number of anilines is 1. The van der Waals surface area contributed by atoms with Gasteiger partial charge in [0, 0.05) is 15.6 Å². The van der Waals surface area contributed by atoms with E-state index in [1.54, 1.807) is 0 Å². The highest BCUT2D eigenvalue weighted by Crippen LogP contribution is 2.28. The standard InChI is InChI=1S/C18H30ClNS/c1-2-3-4-5-6-7-8-9-10-11-14-21-18-13-12-16(19)15-17(18)20/h12-13,15H,2-11,14,20H2,1H3. The van der Waals surface area contributed by atoms with E-state index >= 15 is 0 Å². The number of benzene rings is 1. The molecular formula is C18H30ClNS. The first-order chi connectivity index (χ1) is 10.2. The Balaban J connectivity index is 1.93. The third-order valence-corrected chi connectivity index (χ3v) is 5.14. The van der Waals surface area contributed by atoms with E-state index < -0.39 is 0 Å². The molecule has 0 amide bonds. The van der Waals surface area contributed by atoms with Gasteiger partial charge in [-0.3, -0.25) is 0 Å². The van der Waals surface area contributed by atoms with Crippen molar-refractivity contribution in [1.82, 2.24) is 0 Å². The third-order valence-electron chi connectivity index (χ3n) is 3.73. The normalized spacial score (nSPS) is 11.0. The minimum absolute atomic E-state index is 0.718. The van der Waals surface area contributed by atoms with Gasteiger partial charge in [-0.15, -0.1) is 11.8 Å².